The number of unbranched alkanes of at least 4 members (excludes halogenated alkanes) is 1. The molecular weight excluding hydrogens is 279 g/mol. The van der Waals surface area contributed by atoms with Crippen LogP contribution in [0.1, 0.15) is 37.8 Å². The number of alkyl halides is 3. The van der Waals surface area contributed by atoms with Crippen molar-refractivity contribution in [3.05, 3.63) is 29.3 Å². The summed E-state index contributed by atoms with van der Waals surface area (Å²) in [4.78, 5) is 0. The third-order valence-electron chi connectivity index (χ3n) is 2.79. The second kappa shape index (κ2) is 7.94. The molecule has 0 aliphatic heterocycles. The maximum Gasteiger partial charge on any atom is 0.419 e. The van der Waals surface area contributed by atoms with Crippen molar-refractivity contribution in [2.45, 2.75) is 45.5 Å². The number of rotatable bonds is 7. The number of terminal acetylenes is 1. The highest BCUT2D eigenvalue weighted by atomic mass is 19.4. The van der Waals surface area contributed by atoms with Crippen LogP contribution in [-0.2, 0) is 12.7 Å². The Morgan fingerprint density at radius 2 is 2.05 bits per heavy atom. The molecule has 0 heterocycles. The van der Waals surface area contributed by atoms with E-state index in [2.05, 4.69) is 11.2 Å². The number of hydrogen-bond acceptors (Lipinski definition) is 2. The fourth-order valence-corrected chi connectivity index (χ4v) is 1.71. The standard InChI is InChI=1S/C16H20F3NO/c1-4-5-6-9-21-15-8-7-13(11-20-12(2)3)10-14(15)16(17,18)19/h1,7-8,10,12,20H,5-6,9,11H2,2-3H3. The highest BCUT2D eigenvalue weighted by Gasteiger charge is 2.34. The van der Waals surface area contributed by atoms with E-state index in [1.807, 2.05) is 13.8 Å². The van der Waals surface area contributed by atoms with Gasteiger partial charge in [0.15, 0.2) is 0 Å². The van der Waals surface area contributed by atoms with Gasteiger partial charge in [0, 0.05) is 19.0 Å². The lowest BCUT2D eigenvalue weighted by molar-refractivity contribution is -0.139. The maximum atomic E-state index is 13.1. The normalized spacial score (nSPS) is 11.5. The van der Waals surface area contributed by atoms with Gasteiger partial charge in [0.1, 0.15) is 5.75 Å². The van der Waals surface area contributed by atoms with Gasteiger partial charge in [0.2, 0.25) is 0 Å². The Hall–Kier alpha value is -1.67. The zero-order valence-corrected chi connectivity index (χ0v) is 12.3. The van der Waals surface area contributed by atoms with Crippen molar-refractivity contribution in [3.63, 3.8) is 0 Å². The minimum atomic E-state index is -4.44. The third-order valence-corrected chi connectivity index (χ3v) is 2.79. The molecule has 1 rings (SSSR count). The van der Waals surface area contributed by atoms with E-state index in [0.717, 1.165) is 6.07 Å². The first-order valence-corrected chi connectivity index (χ1v) is 6.84. The van der Waals surface area contributed by atoms with E-state index >= 15 is 0 Å². The molecule has 0 unspecified atom stereocenters. The molecule has 0 aromatic heterocycles. The Balaban J connectivity index is 2.85. The van der Waals surface area contributed by atoms with Crippen LogP contribution < -0.4 is 10.1 Å². The first-order chi connectivity index (χ1) is 9.84. The van der Waals surface area contributed by atoms with Crippen molar-refractivity contribution >= 4 is 0 Å². The van der Waals surface area contributed by atoms with Crippen molar-refractivity contribution in [1.82, 2.24) is 5.32 Å². The van der Waals surface area contributed by atoms with Crippen molar-refractivity contribution in [2.24, 2.45) is 0 Å². The molecule has 1 N–H and O–H groups in total. The molecule has 21 heavy (non-hydrogen) atoms. The second-order valence-corrected chi connectivity index (χ2v) is 5.02. The Morgan fingerprint density at radius 3 is 2.62 bits per heavy atom. The second-order valence-electron chi connectivity index (χ2n) is 5.02. The molecule has 0 aliphatic rings. The lowest BCUT2D eigenvalue weighted by atomic mass is 10.1. The van der Waals surface area contributed by atoms with Crippen molar-refractivity contribution < 1.29 is 17.9 Å². The first kappa shape index (κ1) is 17.4. The molecule has 0 saturated carbocycles. The molecule has 0 radical (unpaired) electrons. The Labute approximate surface area is 123 Å². The molecule has 5 heteroatoms. The largest absolute Gasteiger partial charge is 0.493 e. The molecule has 0 spiro atoms. The molecular formula is C16H20F3NO. The Kier molecular flexibility index (Phi) is 6.57. The first-order valence-electron chi connectivity index (χ1n) is 6.84. The number of ether oxygens (including phenoxy) is 1. The molecule has 0 atom stereocenters. The van der Waals surface area contributed by atoms with Crippen LogP contribution in [0.25, 0.3) is 0 Å². The predicted molar refractivity (Wildman–Crippen MR) is 77.0 cm³/mol. The Bertz CT molecular complexity index is 489. The summed E-state index contributed by atoms with van der Waals surface area (Å²) < 4.78 is 44.4. The van der Waals surface area contributed by atoms with Crippen LogP contribution in [0.2, 0.25) is 0 Å². The van der Waals surface area contributed by atoms with Gasteiger partial charge in [-0.25, -0.2) is 0 Å². The van der Waals surface area contributed by atoms with Crippen LogP contribution in [0, 0.1) is 12.3 Å². The fourth-order valence-electron chi connectivity index (χ4n) is 1.71. The minimum Gasteiger partial charge on any atom is -0.493 e. The average Bonchev–Trinajstić information content (AvgIpc) is 2.41. The van der Waals surface area contributed by atoms with Gasteiger partial charge < -0.3 is 10.1 Å². The van der Waals surface area contributed by atoms with Gasteiger partial charge in [-0.05, 0) is 24.1 Å². The minimum absolute atomic E-state index is 0.146. The lowest BCUT2D eigenvalue weighted by Crippen LogP contribution is -2.22. The summed E-state index contributed by atoms with van der Waals surface area (Å²) in [6.45, 7) is 4.44. The van der Waals surface area contributed by atoms with Crippen LogP contribution in [-0.4, -0.2) is 12.6 Å². The van der Waals surface area contributed by atoms with E-state index < -0.39 is 11.7 Å². The smallest absolute Gasteiger partial charge is 0.419 e. The van der Waals surface area contributed by atoms with Gasteiger partial charge in [0.05, 0.1) is 12.2 Å². The zero-order chi connectivity index (χ0) is 15.9. The average molecular weight is 299 g/mol. The van der Waals surface area contributed by atoms with Crippen LogP contribution in [0.4, 0.5) is 13.2 Å². The quantitative estimate of drug-likeness (QED) is 0.607. The van der Waals surface area contributed by atoms with E-state index in [1.165, 1.54) is 6.07 Å². The maximum absolute atomic E-state index is 13.1. The molecule has 1 aromatic carbocycles. The van der Waals surface area contributed by atoms with Crippen molar-refractivity contribution in [2.75, 3.05) is 6.61 Å². The van der Waals surface area contributed by atoms with Gasteiger partial charge >= 0.3 is 6.18 Å². The van der Waals surface area contributed by atoms with E-state index in [4.69, 9.17) is 11.2 Å². The van der Waals surface area contributed by atoms with Crippen LogP contribution in [0.3, 0.4) is 0 Å². The molecule has 0 aliphatic carbocycles. The summed E-state index contributed by atoms with van der Waals surface area (Å²) >= 11 is 0. The van der Waals surface area contributed by atoms with Crippen LogP contribution in [0.15, 0.2) is 18.2 Å². The SMILES string of the molecule is C#CCCCOc1ccc(CNC(C)C)cc1C(F)(F)F. The molecule has 0 saturated heterocycles. The molecule has 0 amide bonds. The van der Waals surface area contributed by atoms with Gasteiger partial charge in [-0.15, -0.1) is 12.3 Å². The van der Waals surface area contributed by atoms with Crippen LogP contribution in [0.5, 0.6) is 5.75 Å². The van der Waals surface area contributed by atoms with Gasteiger partial charge in [-0.1, -0.05) is 19.9 Å². The summed E-state index contributed by atoms with van der Waals surface area (Å²) in [6, 6.07) is 4.35. The van der Waals surface area contributed by atoms with Gasteiger partial charge in [-0.2, -0.15) is 13.2 Å². The van der Waals surface area contributed by atoms with Crippen molar-refractivity contribution in [1.29, 1.82) is 0 Å². The third kappa shape index (κ3) is 6.09. The fraction of sp³-hybridized carbons (Fsp3) is 0.500. The van der Waals surface area contributed by atoms with E-state index in [0.29, 0.717) is 24.9 Å². The summed E-state index contributed by atoms with van der Waals surface area (Å²) in [5.41, 5.74) is -0.168. The summed E-state index contributed by atoms with van der Waals surface area (Å²) in [7, 11) is 0. The van der Waals surface area contributed by atoms with Crippen molar-refractivity contribution in [3.8, 4) is 18.1 Å². The predicted octanol–water partition coefficient (Wildman–Crippen LogP) is 4.00. The molecule has 1 aromatic rings. The number of hydrogen-bond donors (Lipinski definition) is 1. The monoisotopic (exact) mass is 299 g/mol. The highest BCUT2D eigenvalue weighted by Crippen LogP contribution is 2.37. The molecule has 0 fully saturated rings. The lowest BCUT2D eigenvalue weighted by Gasteiger charge is -2.16. The molecule has 0 bridgehead atoms. The molecule has 2 nitrogen and oxygen atoms in total. The zero-order valence-electron chi connectivity index (χ0n) is 12.3. The number of nitrogens with one attached hydrogen (secondary N) is 1. The van der Waals surface area contributed by atoms with E-state index in [9.17, 15) is 13.2 Å². The summed E-state index contributed by atoms with van der Waals surface area (Å²) in [5, 5.41) is 3.09. The number of benzene rings is 1. The topological polar surface area (TPSA) is 21.3 Å². The van der Waals surface area contributed by atoms with E-state index in [1.54, 1.807) is 6.07 Å². The van der Waals surface area contributed by atoms with Gasteiger partial charge in [-0.3, -0.25) is 0 Å². The summed E-state index contributed by atoms with van der Waals surface area (Å²) in [5.74, 6) is 2.28. The van der Waals surface area contributed by atoms with Crippen LogP contribution >= 0.6 is 0 Å². The van der Waals surface area contributed by atoms with E-state index in [-0.39, 0.29) is 18.4 Å². The number of halogens is 3. The van der Waals surface area contributed by atoms with Gasteiger partial charge in [0.25, 0.3) is 0 Å². The summed E-state index contributed by atoms with van der Waals surface area (Å²) in [6.07, 6.45) is 1.67. The Morgan fingerprint density at radius 1 is 1.33 bits per heavy atom. The highest BCUT2D eigenvalue weighted by molar-refractivity contribution is 5.39. The molecule has 116 valence electrons.